The van der Waals surface area contributed by atoms with Gasteiger partial charge in [0, 0.05) is 74.3 Å². The van der Waals surface area contributed by atoms with Crippen LogP contribution in [0.3, 0.4) is 0 Å². The Kier molecular flexibility index (Phi) is 21.0. The maximum absolute atomic E-state index is 14.9. The average molecular weight is 995 g/mol. The first-order chi connectivity index (χ1) is 33.2. The largest absolute Gasteiger partial charge is 0.490 e. The van der Waals surface area contributed by atoms with Crippen molar-refractivity contribution in [1.82, 2.24) is 20.2 Å². The molecule has 2 heterocycles. The number of carbonyl (C=O) groups is 5. The summed E-state index contributed by atoms with van der Waals surface area (Å²) in [6, 6.07) is 17.4. The first-order valence-electron chi connectivity index (χ1n) is 23.7. The number of aliphatic hydroxyl groups excluding tert-OH is 2. The maximum atomic E-state index is 14.9. The number of aromatic nitrogens is 2. The topological polar surface area (TPSA) is 287 Å². The number of nitrogens with one attached hydrogen (secondary N) is 1. The van der Waals surface area contributed by atoms with Gasteiger partial charge in [0.1, 0.15) is 43.0 Å². The normalized spacial score (nSPS) is 17.3. The van der Waals surface area contributed by atoms with Gasteiger partial charge in [0.25, 0.3) is 0 Å². The minimum absolute atomic E-state index is 0. The van der Waals surface area contributed by atoms with Gasteiger partial charge in [0.05, 0.1) is 29.1 Å². The fourth-order valence-corrected chi connectivity index (χ4v) is 8.51. The van der Waals surface area contributed by atoms with E-state index in [1.807, 2.05) is 30.3 Å². The Labute approximate surface area is 423 Å². The number of nitrogens with zero attached hydrogens (tertiary/aromatic N) is 4. The Morgan fingerprint density at radius 3 is 2.01 bits per heavy atom. The Hall–Kier alpha value is -6.07. The number of amides is 2. The highest BCUT2D eigenvalue weighted by Gasteiger charge is 2.37. The van der Waals surface area contributed by atoms with Crippen LogP contribution in [-0.2, 0) is 31.0 Å². The van der Waals surface area contributed by atoms with E-state index in [2.05, 4.69) is 26.1 Å². The number of likely N-dealkylation sites (N-methyl/N-ethyl adjacent to an activating group) is 1. The summed E-state index contributed by atoms with van der Waals surface area (Å²) >= 11 is 0. The molecule has 0 fully saturated rings. The van der Waals surface area contributed by atoms with Crippen molar-refractivity contribution in [3.05, 3.63) is 94.3 Å². The zero-order valence-electron chi connectivity index (χ0n) is 41.8. The van der Waals surface area contributed by atoms with Crippen molar-refractivity contribution >= 4 is 42.7 Å². The van der Waals surface area contributed by atoms with Gasteiger partial charge in [-0.1, -0.05) is 64.1 Å². The Morgan fingerprint density at radius 1 is 0.887 bits per heavy atom. The zero-order chi connectivity index (χ0) is 51.4. The molecule has 382 valence electrons. The van der Waals surface area contributed by atoms with Crippen molar-refractivity contribution in [1.29, 1.82) is 5.26 Å². The summed E-state index contributed by atoms with van der Waals surface area (Å²) in [6.07, 6.45) is -2.80. The number of hydrogen-bond donors (Lipinski definition) is 6. The first kappa shape index (κ1) is 57.5. The molecule has 71 heavy (non-hydrogen) atoms. The highest BCUT2D eigenvalue weighted by Crippen LogP contribution is 2.41. The predicted molar refractivity (Wildman–Crippen MR) is 275 cm³/mol. The van der Waals surface area contributed by atoms with E-state index < -0.39 is 59.5 Å². The number of benzene rings is 3. The molecule has 18 heteroatoms. The lowest BCUT2D eigenvalue weighted by Gasteiger charge is -2.32. The number of rotatable bonds is 19. The summed E-state index contributed by atoms with van der Waals surface area (Å²) in [6.45, 7) is 10.8. The third-order valence-corrected chi connectivity index (χ3v) is 12.5. The van der Waals surface area contributed by atoms with Gasteiger partial charge in [-0.05, 0) is 79.6 Å². The van der Waals surface area contributed by atoms with Crippen LogP contribution in [0.25, 0.3) is 22.5 Å². The third-order valence-electron chi connectivity index (χ3n) is 12.5. The molecule has 1 aliphatic heterocycles. The van der Waals surface area contributed by atoms with Gasteiger partial charge >= 0.3 is 0 Å². The number of aliphatic hydroxyl groups is 2. The van der Waals surface area contributed by atoms with Crippen molar-refractivity contribution in [2.24, 2.45) is 29.0 Å². The maximum Gasteiger partial charge on any atom is 0.226 e. The lowest BCUT2D eigenvalue weighted by atomic mass is 9.86. The molecule has 4 bridgehead atoms. The number of hydrogen-bond acceptors (Lipinski definition) is 15. The molecule has 2 amide bonds. The van der Waals surface area contributed by atoms with Gasteiger partial charge in [0.15, 0.2) is 23.2 Å². The molecular weight excluding hydrogens is 925 g/mol. The van der Waals surface area contributed by atoms with Crippen LogP contribution in [0.2, 0.25) is 0 Å². The molecule has 17 nitrogen and oxygen atoms in total. The lowest BCUT2D eigenvalue weighted by molar-refractivity contribution is -0.142. The molecular formula is C53H70N8O9S. The molecule has 0 spiro atoms. The number of ketones is 3. The lowest BCUT2D eigenvalue weighted by Crippen LogP contribution is -2.46. The van der Waals surface area contributed by atoms with E-state index >= 15 is 0 Å². The van der Waals surface area contributed by atoms with Crippen molar-refractivity contribution in [2.75, 3.05) is 39.9 Å². The summed E-state index contributed by atoms with van der Waals surface area (Å²) in [5.74, 6) is -3.44. The van der Waals surface area contributed by atoms with Crippen LogP contribution in [0.15, 0.2) is 60.7 Å². The predicted octanol–water partition coefficient (Wildman–Crippen LogP) is 4.48. The second kappa shape index (κ2) is 25.9. The van der Waals surface area contributed by atoms with Crippen LogP contribution < -0.4 is 32.0 Å². The van der Waals surface area contributed by atoms with Gasteiger partial charge in [-0.2, -0.15) is 18.8 Å². The summed E-state index contributed by atoms with van der Waals surface area (Å²) in [7, 11) is 1.46. The molecule has 3 aromatic carbocycles. The molecule has 9 N–H and O–H groups in total. The second-order valence-electron chi connectivity index (χ2n) is 19.1. The van der Waals surface area contributed by atoms with Crippen LogP contribution in [0.5, 0.6) is 11.5 Å². The minimum Gasteiger partial charge on any atom is -0.490 e. The SMILES string of the molecule is Cc1nc(-c2ccc(C(C)(C)C)cc2)nc(C)c1C(=O)C[C@@H](CCN)C(=O)N(C)[C@@H]1C(=O)C[C@@H](C)C(=O)N[C@H](C(=O)CCC#N)Cc2ccc(OCC(O)CN)c(c2)-c2cc1ccc2OCC(O)CN.S. The summed E-state index contributed by atoms with van der Waals surface area (Å²) in [5, 5.41) is 32.9. The van der Waals surface area contributed by atoms with E-state index in [0.717, 1.165) is 11.1 Å². The molecule has 6 atom stereocenters. The zero-order valence-corrected chi connectivity index (χ0v) is 42.8. The van der Waals surface area contributed by atoms with Gasteiger partial charge in [0.2, 0.25) is 11.8 Å². The average Bonchev–Trinajstić information content (AvgIpc) is 3.32. The monoisotopic (exact) mass is 994 g/mol. The van der Waals surface area contributed by atoms with E-state index in [-0.39, 0.29) is 113 Å². The molecule has 0 saturated carbocycles. The molecule has 0 saturated heterocycles. The Balaban J connectivity index is 0.0000110. The highest BCUT2D eigenvalue weighted by atomic mass is 32.1. The van der Waals surface area contributed by atoms with Crippen molar-refractivity contribution in [3.63, 3.8) is 0 Å². The molecule has 1 aliphatic rings. The van der Waals surface area contributed by atoms with Gasteiger partial charge in [-0.3, -0.25) is 24.0 Å². The van der Waals surface area contributed by atoms with Crippen LogP contribution in [0.4, 0.5) is 0 Å². The summed E-state index contributed by atoms with van der Waals surface area (Å²) < 4.78 is 12.3. The molecule has 4 aromatic rings. The fourth-order valence-electron chi connectivity index (χ4n) is 8.51. The molecule has 0 radical (unpaired) electrons. The quantitative estimate of drug-likeness (QED) is 0.0707. The Bertz CT molecular complexity index is 2560. The van der Waals surface area contributed by atoms with Crippen LogP contribution >= 0.6 is 13.5 Å². The van der Waals surface area contributed by atoms with Crippen molar-refractivity contribution < 1.29 is 43.7 Å². The van der Waals surface area contributed by atoms with Crippen LogP contribution in [0.1, 0.15) is 104 Å². The van der Waals surface area contributed by atoms with Gasteiger partial charge < -0.3 is 47.1 Å². The molecule has 1 aromatic heterocycles. The fraction of sp³-hybridized carbons (Fsp3) is 0.472. The number of Topliss-reactive ketones (excluding diaryl/α,β-unsaturated/α-hetero) is 3. The number of fused-ring (bicyclic) bond motifs is 5. The van der Waals surface area contributed by atoms with Crippen LogP contribution in [0, 0.1) is 37.0 Å². The van der Waals surface area contributed by atoms with E-state index in [1.165, 1.54) is 11.9 Å². The van der Waals surface area contributed by atoms with Gasteiger partial charge in [-0.25, -0.2) is 9.97 Å². The number of aryl methyl sites for hydroxylation is 2. The van der Waals surface area contributed by atoms with Crippen LogP contribution in [-0.4, -0.2) is 112 Å². The first-order valence-corrected chi connectivity index (χ1v) is 23.7. The standard InChI is InChI=1S/C53H68N8O9.H2S/c1-30-21-45(66)49(61(7)52(68)36(18-20-55)25-44(65)48-31(2)58-50(59-32(48)3)34-11-14-37(15-12-34)53(4,5)6)35-13-17-47(70-29-39(63)27-57)41(24-35)40-22-33(10-16-46(40)69-28-38(62)26-56)23-42(60-51(30)67)43(64)9-8-19-54;/h10-17,22,24,30,36,38-39,42,49,62-63H,8-9,18,20-21,23,25-29,55-57H2,1-7H3,(H,60,67);1H2/t30-,36-,38?,39?,42+,49+;/m1./s1. The van der Waals surface area contributed by atoms with E-state index in [4.69, 9.17) is 36.6 Å². The number of carbonyl (C=O) groups excluding carboxylic acids is 5. The number of nitrogens with two attached hydrogens (primary N) is 3. The van der Waals surface area contributed by atoms with E-state index in [1.54, 1.807) is 57.2 Å². The third kappa shape index (κ3) is 14.8. The van der Waals surface area contributed by atoms with Gasteiger partial charge in [-0.15, -0.1) is 0 Å². The smallest absolute Gasteiger partial charge is 0.226 e. The van der Waals surface area contributed by atoms with Crippen molar-refractivity contribution in [2.45, 2.75) is 110 Å². The second-order valence-corrected chi connectivity index (χ2v) is 19.1. The Morgan fingerprint density at radius 2 is 1.46 bits per heavy atom. The highest BCUT2D eigenvalue weighted by molar-refractivity contribution is 7.59. The van der Waals surface area contributed by atoms with Crippen molar-refractivity contribution in [3.8, 4) is 40.1 Å². The number of ether oxygens (including phenoxy) is 2. The number of nitriles is 1. The molecule has 5 rings (SSSR count). The minimum atomic E-state index is -1.33. The molecule has 2 unspecified atom stereocenters. The summed E-state index contributed by atoms with van der Waals surface area (Å²) in [5.41, 5.74) is 22.2. The molecule has 0 aliphatic carbocycles. The van der Waals surface area contributed by atoms with E-state index in [9.17, 15) is 39.4 Å². The van der Waals surface area contributed by atoms with E-state index in [0.29, 0.717) is 39.5 Å². The summed E-state index contributed by atoms with van der Waals surface area (Å²) in [4.78, 5) is 82.2.